The molecule has 0 radical (unpaired) electrons. The third-order valence-electron chi connectivity index (χ3n) is 3.38. The summed E-state index contributed by atoms with van der Waals surface area (Å²) in [6, 6.07) is 8.52. The standard InChI is InChI=1S/C16H28N4.HI/c1-5-20(6-2)11-10-18-16(17-4)19-13-15-9-7-8-14(3)12-15;/h7-9,12H,5-6,10-11,13H2,1-4H3,(H2,17,18,19);1H. The monoisotopic (exact) mass is 404 g/mol. The van der Waals surface area contributed by atoms with E-state index in [4.69, 9.17) is 0 Å². The van der Waals surface area contributed by atoms with Gasteiger partial charge in [0.2, 0.25) is 0 Å². The molecule has 0 bridgehead atoms. The minimum Gasteiger partial charge on any atom is -0.355 e. The van der Waals surface area contributed by atoms with Gasteiger partial charge in [-0.2, -0.15) is 0 Å². The summed E-state index contributed by atoms with van der Waals surface area (Å²) in [4.78, 5) is 6.64. The summed E-state index contributed by atoms with van der Waals surface area (Å²) in [5, 5.41) is 6.69. The molecule has 2 N–H and O–H groups in total. The Kier molecular flexibility index (Phi) is 11.3. The minimum absolute atomic E-state index is 0. The molecule has 0 aromatic heterocycles. The molecule has 0 spiro atoms. The van der Waals surface area contributed by atoms with Gasteiger partial charge in [0.1, 0.15) is 0 Å². The lowest BCUT2D eigenvalue weighted by molar-refractivity contribution is 0.308. The van der Waals surface area contributed by atoms with E-state index in [1.807, 2.05) is 7.05 Å². The van der Waals surface area contributed by atoms with Crippen molar-refractivity contribution in [3.8, 4) is 0 Å². The summed E-state index contributed by atoms with van der Waals surface area (Å²) in [6.07, 6.45) is 0. The molecule has 4 nitrogen and oxygen atoms in total. The second-order valence-corrected chi connectivity index (χ2v) is 4.87. The van der Waals surface area contributed by atoms with Crippen LogP contribution in [0, 0.1) is 6.92 Å². The first-order valence-electron chi connectivity index (χ1n) is 7.42. The van der Waals surface area contributed by atoms with Gasteiger partial charge in [-0.05, 0) is 25.6 Å². The van der Waals surface area contributed by atoms with Crippen molar-refractivity contribution < 1.29 is 0 Å². The number of nitrogens with zero attached hydrogens (tertiary/aromatic N) is 2. The van der Waals surface area contributed by atoms with Crippen LogP contribution >= 0.6 is 24.0 Å². The lowest BCUT2D eigenvalue weighted by atomic mass is 10.1. The Morgan fingerprint density at radius 2 is 1.90 bits per heavy atom. The fourth-order valence-electron chi connectivity index (χ4n) is 2.10. The van der Waals surface area contributed by atoms with Crippen LogP contribution in [0.3, 0.4) is 0 Å². The SMILES string of the molecule is CCN(CC)CCNC(=NC)NCc1cccc(C)c1.I. The Morgan fingerprint density at radius 3 is 2.48 bits per heavy atom. The number of aliphatic imine (C=N–C) groups is 1. The maximum absolute atomic E-state index is 4.25. The molecule has 0 amide bonds. The van der Waals surface area contributed by atoms with Crippen LogP contribution in [0.25, 0.3) is 0 Å². The van der Waals surface area contributed by atoms with Gasteiger partial charge in [-0.15, -0.1) is 24.0 Å². The topological polar surface area (TPSA) is 39.7 Å². The van der Waals surface area contributed by atoms with Crippen LogP contribution in [-0.2, 0) is 6.54 Å². The Balaban J connectivity index is 0.00000400. The number of hydrogen-bond acceptors (Lipinski definition) is 2. The molecule has 1 aromatic rings. The maximum atomic E-state index is 4.25. The number of nitrogens with one attached hydrogen (secondary N) is 2. The van der Waals surface area contributed by atoms with Crippen LogP contribution in [0.5, 0.6) is 0 Å². The van der Waals surface area contributed by atoms with E-state index in [1.54, 1.807) is 0 Å². The fourth-order valence-corrected chi connectivity index (χ4v) is 2.10. The molecular formula is C16H29IN4. The summed E-state index contributed by atoms with van der Waals surface area (Å²) in [5.41, 5.74) is 2.56. The van der Waals surface area contributed by atoms with E-state index in [0.717, 1.165) is 38.7 Å². The van der Waals surface area contributed by atoms with E-state index >= 15 is 0 Å². The van der Waals surface area contributed by atoms with E-state index in [9.17, 15) is 0 Å². The quantitative estimate of drug-likeness (QED) is 0.417. The summed E-state index contributed by atoms with van der Waals surface area (Å²) in [6.45, 7) is 11.4. The number of guanidine groups is 1. The van der Waals surface area contributed by atoms with Crippen molar-refractivity contribution in [3.63, 3.8) is 0 Å². The Hall–Kier alpha value is -0.820. The maximum Gasteiger partial charge on any atom is 0.191 e. The summed E-state index contributed by atoms with van der Waals surface area (Å²) in [7, 11) is 1.81. The molecule has 0 saturated carbocycles. The first-order valence-corrected chi connectivity index (χ1v) is 7.42. The first-order chi connectivity index (χ1) is 9.69. The van der Waals surface area contributed by atoms with E-state index in [0.29, 0.717) is 0 Å². The van der Waals surface area contributed by atoms with E-state index < -0.39 is 0 Å². The predicted molar refractivity (Wildman–Crippen MR) is 103 cm³/mol. The molecule has 0 atom stereocenters. The summed E-state index contributed by atoms with van der Waals surface area (Å²) in [5.74, 6) is 0.860. The van der Waals surface area contributed by atoms with Crippen molar-refractivity contribution in [1.29, 1.82) is 0 Å². The van der Waals surface area contributed by atoms with Gasteiger partial charge in [-0.25, -0.2) is 0 Å². The van der Waals surface area contributed by atoms with Gasteiger partial charge in [0.05, 0.1) is 0 Å². The molecule has 0 unspecified atom stereocenters. The molecule has 120 valence electrons. The molecule has 1 aromatic carbocycles. The average Bonchev–Trinajstić information content (AvgIpc) is 2.47. The van der Waals surface area contributed by atoms with Crippen molar-refractivity contribution >= 4 is 29.9 Å². The Bertz CT molecular complexity index is 416. The van der Waals surface area contributed by atoms with Crippen molar-refractivity contribution in [1.82, 2.24) is 15.5 Å². The highest BCUT2D eigenvalue weighted by molar-refractivity contribution is 14.0. The third-order valence-corrected chi connectivity index (χ3v) is 3.38. The van der Waals surface area contributed by atoms with Crippen LogP contribution in [0.4, 0.5) is 0 Å². The number of benzene rings is 1. The number of hydrogen-bond donors (Lipinski definition) is 2. The van der Waals surface area contributed by atoms with Gasteiger partial charge >= 0.3 is 0 Å². The average molecular weight is 404 g/mol. The van der Waals surface area contributed by atoms with Crippen molar-refractivity contribution in [2.24, 2.45) is 4.99 Å². The lowest BCUT2D eigenvalue weighted by Gasteiger charge is -2.19. The van der Waals surface area contributed by atoms with Gasteiger partial charge < -0.3 is 15.5 Å². The summed E-state index contributed by atoms with van der Waals surface area (Å²) >= 11 is 0. The highest BCUT2D eigenvalue weighted by Crippen LogP contribution is 2.02. The zero-order valence-electron chi connectivity index (χ0n) is 13.6. The minimum atomic E-state index is 0. The zero-order valence-corrected chi connectivity index (χ0v) is 16.0. The second-order valence-electron chi connectivity index (χ2n) is 4.87. The summed E-state index contributed by atoms with van der Waals surface area (Å²) < 4.78 is 0. The lowest BCUT2D eigenvalue weighted by Crippen LogP contribution is -2.41. The Morgan fingerprint density at radius 1 is 1.19 bits per heavy atom. The van der Waals surface area contributed by atoms with E-state index in [1.165, 1.54) is 11.1 Å². The number of aryl methyl sites for hydroxylation is 1. The molecule has 5 heteroatoms. The molecular weight excluding hydrogens is 375 g/mol. The highest BCUT2D eigenvalue weighted by Gasteiger charge is 2.01. The predicted octanol–water partition coefficient (Wildman–Crippen LogP) is 2.62. The third kappa shape index (κ3) is 8.26. The smallest absolute Gasteiger partial charge is 0.191 e. The molecule has 0 heterocycles. The van der Waals surface area contributed by atoms with E-state index in [2.05, 4.69) is 65.6 Å². The molecule has 0 aliphatic carbocycles. The van der Waals surface area contributed by atoms with Crippen molar-refractivity contribution in [2.45, 2.75) is 27.3 Å². The highest BCUT2D eigenvalue weighted by atomic mass is 127. The van der Waals surface area contributed by atoms with Crippen LogP contribution in [0.15, 0.2) is 29.3 Å². The molecule has 0 aliphatic rings. The van der Waals surface area contributed by atoms with Crippen molar-refractivity contribution in [3.05, 3.63) is 35.4 Å². The van der Waals surface area contributed by atoms with E-state index in [-0.39, 0.29) is 24.0 Å². The molecule has 1 rings (SSSR count). The van der Waals surface area contributed by atoms with Crippen LogP contribution in [0.2, 0.25) is 0 Å². The number of likely N-dealkylation sites (N-methyl/N-ethyl adjacent to an activating group) is 1. The Labute approximate surface area is 146 Å². The fraction of sp³-hybridized carbons (Fsp3) is 0.562. The normalized spacial score (nSPS) is 11.2. The first kappa shape index (κ1) is 20.2. The molecule has 21 heavy (non-hydrogen) atoms. The number of halogens is 1. The molecule has 0 aliphatic heterocycles. The zero-order chi connectivity index (χ0) is 14.8. The largest absolute Gasteiger partial charge is 0.355 e. The van der Waals surface area contributed by atoms with Crippen LogP contribution in [-0.4, -0.2) is 44.1 Å². The molecule has 0 fully saturated rings. The van der Waals surface area contributed by atoms with Gasteiger partial charge in [0.15, 0.2) is 5.96 Å². The number of rotatable bonds is 7. The van der Waals surface area contributed by atoms with Gasteiger partial charge in [-0.1, -0.05) is 43.7 Å². The second kappa shape index (κ2) is 11.8. The van der Waals surface area contributed by atoms with Gasteiger partial charge in [-0.3, -0.25) is 4.99 Å². The van der Waals surface area contributed by atoms with Crippen LogP contribution in [0.1, 0.15) is 25.0 Å². The van der Waals surface area contributed by atoms with Gasteiger partial charge in [0, 0.05) is 26.7 Å². The van der Waals surface area contributed by atoms with Crippen LogP contribution < -0.4 is 10.6 Å². The molecule has 0 saturated heterocycles. The van der Waals surface area contributed by atoms with Gasteiger partial charge in [0.25, 0.3) is 0 Å². The van der Waals surface area contributed by atoms with Crippen molar-refractivity contribution in [2.75, 3.05) is 33.2 Å².